The molecule has 0 aromatic carbocycles. The molecule has 0 spiro atoms. The van der Waals surface area contributed by atoms with Crippen LogP contribution >= 0.6 is 0 Å². The Morgan fingerprint density at radius 2 is 1.48 bits per heavy atom. The molecular formula is C47H85N3O15. The van der Waals surface area contributed by atoms with Crippen molar-refractivity contribution in [2.75, 3.05) is 41.4 Å². The van der Waals surface area contributed by atoms with E-state index in [1.165, 1.54) is 21.1 Å². The predicted molar refractivity (Wildman–Crippen MR) is 240 cm³/mol. The second-order valence-corrected chi connectivity index (χ2v) is 19.7. The zero-order chi connectivity index (χ0) is 49.2. The van der Waals surface area contributed by atoms with Crippen LogP contribution in [0.25, 0.3) is 0 Å². The summed E-state index contributed by atoms with van der Waals surface area (Å²) in [7, 11) is 6.73. The number of hydrogen-bond acceptors (Lipinski definition) is 16. The minimum Gasteiger partial charge on any atom is -0.459 e. The van der Waals surface area contributed by atoms with Crippen LogP contribution in [0.2, 0.25) is 0 Å². The van der Waals surface area contributed by atoms with Gasteiger partial charge in [0, 0.05) is 63.9 Å². The van der Waals surface area contributed by atoms with Gasteiger partial charge in [0.25, 0.3) is 0 Å². The van der Waals surface area contributed by atoms with E-state index in [4.69, 9.17) is 37.9 Å². The Bertz CT molecular complexity index is 1540. The number of ether oxygens (including phenoxy) is 8. The van der Waals surface area contributed by atoms with Gasteiger partial charge in [-0.15, -0.1) is 0 Å². The van der Waals surface area contributed by atoms with E-state index in [9.17, 15) is 34.5 Å². The van der Waals surface area contributed by atoms with Crippen LogP contribution in [0, 0.1) is 23.7 Å². The van der Waals surface area contributed by atoms with Gasteiger partial charge in [0.15, 0.2) is 18.7 Å². The number of likely N-dealkylation sites (N-methyl/N-ethyl adjacent to an activating group) is 1. The van der Waals surface area contributed by atoms with Gasteiger partial charge in [-0.05, 0) is 94.2 Å². The van der Waals surface area contributed by atoms with Crippen molar-refractivity contribution in [1.29, 1.82) is 0 Å². The van der Waals surface area contributed by atoms with Crippen LogP contribution in [0.4, 0.5) is 4.79 Å². The molecule has 3 aliphatic heterocycles. The van der Waals surface area contributed by atoms with Gasteiger partial charge in [-0.1, -0.05) is 34.6 Å². The molecule has 0 aromatic heterocycles. The lowest BCUT2D eigenvalue weighted by Gasteiger charge is -2.50. The number of methoxy groups -OCH3 is 2. The lowest BCUT2D eigenvalue weighted by atomic mass is 9.74. The zero-order valence-electron chi connectivity index (χ0n) is 41.9. The number of cyclic esters (lactones) is 1. The second kappa shape index (κ2) is 24.7. The highest BCUT2D eigenvalue weighted by Gasteiger charge is 2.55. The van der Waals surface area contributed by atoms with Gasteiger partial charge in [0.2, 0.25) is 5.91 Å². The number of carbonyl (C=O) groups excluding carboxylic acids is 4. The first kappa shape index (κ1) is 56.8. The number of ketones is 1. The van der Waals surface area contributed by atoms with Gasteiger partial charge >= 0.3 is 12.1 Å². The molecule has 3 aliphatic rings. The summed E-state index contributed by atoms with van der Waals surface area (Å²) in [6, 6.07) is -0.321. The van der Waals surface area contributed by atoms with E-state index >= 15 is 0 Å². The number of nitrogens with zero attached hydrogens (tertiary/aromatic N) is 1. The van der Waals surface area contributed by atoms with E-state index in [-0.39, 0.29) is 43.1 Å². The molecule has 0 bridgehead atoms. The molecule has 0 aromatic rings. The minimum absolute atomic E-state index is 0.0299. The van der Waals surface area contributed by atoms with E-state index < -0.39 is 108 Å². The van der Waals surface area contributed by atoms with Gasteiger partial charge in [0.05, 0.1) is 42.0 Å². The molecule has 378 valence electrons. The van der Waals surface area contributed by atoms with Crippen molar-refractivity contribution in [2.24, 2.45) is 23.7 Å². The molecule has 5 N–H and O–H groups in total. The highest BCUT2D eigenvalue weighted by Crippen LogP contribution is 2.42. The van der Waals surface area contributed by atoms with Gasteiger partial charge in [0.1, 0.15) is 29.2 Å². The normalized spacial score (nSPS) is 41.3. The van der Waals surface area contributed by atoms with E-state index in [1.54, 1.807) is 48.5 Å². The summed E-state index contributed by atoms with van der Waals surface area (Å²) in [6.45, 7) is 19.9. The molecule has 18 heteroatoms. The van der Waals surface area contributed by atoms with Gasteiger partial charge in [-0.2, -0.15) is 0 Å². The largest absolute Gasteiger partial charge is 0.459 e. The Labute approximate surface area is 387 Å². The molecule has 0 unspecified atom stereocenters. The fourth-order valence-electron chi connectivity index (χ4n) is 9.90. The van der Waals surface area contributed by atoms with Gasteiger partial charge in [-0.25, -0.2) is 4.79 Å². The maximum Gasteiger partial charge on any atom is 0.407 e. The first-order valence-corrected chi connectivity index (χ1v) is 23.7. The molecule has 3 saturated heterocycles. The number of aliphatic hydroxyl groups is 3. The Balaban J connectivity index is 2.05. The van der Waals surface area contributed by atoms with Crippen LogP contribution < -0.4 is 10.6 Å². The first-order chi connectivity index (χ1) is 30.3. The third-order valence-electron chi connectivity index (χ3n) is 14.1. The standard InChI is InChI=1S/C47H85N3O15/c1-16-21-48-34(51)20-18-19-22-49-44(56)65-41-31(8)61-35(25-46(41,10)59-15)63-38-29(6)40(64-43-37(53)32(50(12)13)23-27(4)60-43)45(9,58-14)24-26(3)36(52)28(5)39(54)47(11,57)33(17-2)62-42(55)30(38)7/h26-33,35,37-41,43,53-54,57H,16-25H2,1-15H3,(H,48,51)(H,49,56)/t26-,27-,28+,29+,30-,31+,32+,33-,35+,37-,38+,39-,40-,41+,43+,45+,46-,47-/m1/s1. The molecule has 65 heavy (non-hydrogen) atoms. The summed E-state index contributed by atoms with van der Waals surface area (Å²) in [6.07, 6.45) is -7.70. The zero-order valence-corrected chi connectivity index (χ0v) is 41.9. The topological polar surface area (TPSA) is 230 Å². The third kappa shape index (κ3) is 14.3. The quantitative estimate of drug-likeness (QED) is 0.109. The smallest absolute Gasteiger partial charge is 0.407 e. The molecule has 2 amide bonds. The van der Waals surface area contributed by atoms with Crippen molar-refractivity contribution in [3.63, 3.8) is 0 Å². The molecule has 3 fully saturated rings. The van der Waals surface area contributed by atoms with Crippen LogP contribution in [0.15, 0.2) is 0 Å². The van der Waals surface area contributed by atoms with Crippen molar-refractivity contribution in [3.05, 3.63) is 0 Å². The molecule has 18 atom stereocenters. The molecule has 0 saturated carbocycles. The molecule has 0 radical (unpaired) electrons. The van der Waals surface area contributed by atoms with E-state index in [0.29, 0.717) is 38.8 Å². The predicted octanol–water partition coefficient (Wildman–Crippen LogP) is 3.87. The van der Waals surface area contributed by atoms with Crippen LogP contribution in [-0.2, 0) is 52.3 Å². The number of carbonyl (C=O) groups is 4. The second-order valence-electron chi connectivity index (χ2n) is 19.7. The number of hydrogen-bond donors (Lipinski definition) is 5. The third-order valence-corrected chi connectivity index (χ3v) is 14.1. The average molecular weight is 932 g/mol. The van der Waals surface area contributed by atoms with Crippen molar-refractivity contribution in [2.45, 2.75) is 212 Å². The SMILES string of the molecule is CCCNC(=O)CCCCNC(=O)O[C@H]1[C@H](C)O[C@@H](O[C@H]2[C@H](C)[C@@H](O[C@@H]3O[C@H](C)C[C@H](N(C)C)[C@H]3O)[C@@](C)(OC)C[C@@H](C)C(=O)[C@H](C)[C@@H](O)[C@](C)(O)[C@@H](CC)OC(=O)[C@@H]2C)C[C@@]1(C)OC. The Kier molecular flexibility index (Phi) is 21.6. The Morgan fingerprint density at radius 3 is 2.06 bits per heavy atom. The number of rotatable bonds is 16. The number of amides is 2. The summed E-state index contributed by atoms with van der Waals surface area (Å²) in [5.41, 5.74) is -4.46. The molecule has 3 heterocycles. The maximum absolute atomic E-state index is 14.5. The van der Waals surface area contributed by atoms with Crippen molar-refractivity contribution in [3.8, 4) is 0 Å². The van der Waals surface area contributed by atoms with Crippen molar-refractivity contribution < 1.29 is 72.4 Å². The number of alkyl carbamates (subject to hydrolysis) is 1. The van der Waals surface area contributed by atoms with Crippen molar-refractivity contribution in [1.82, 2.24) is 15.5 Å². The molecule has 0 aliphatic carbocycles. The minimum atomic E-state index is -2.01. The van der Waals surface area contributed by atoms with E-state index in [1.807, 2.05) is 39.8 Å². The lowest BCUT2D eigenvalue weighted by molar-refractivity contribution is -0.319. The number of esters is 1. The van der Waals surface area contributed by atoms with Gasteiger partial charge < -0.3 is 68.7 Å². The van der Waals surface area contributed by atoms with Crippen LogP contribution in [0.5, 0.6) is 0 Å². The highest BCUT2D eigenvalue weighted by molar-refractivity contribution is 5.83. The highest BCUT2D eigenvalue weighted by atomic mass is 16.7. The fourth-order valence-corrected chi connectivity index (χ4v) is 9.90. The number of unbranched alkanes of at least 4 members (excludes halogenated alkanes) is 1. The monoisotopic (exact) mass is 932 g/mol. The molecular weight excluding hydrogens is 847 g/mol. The van der Waals surface area contributed by atoms with Gasteiger partial charge in [-0.3, -0.25) is 14.4 Å². The summed E-state index contributed by atoms with van der Waals surface area (Å²) in [4.78, 5) is 55.6. The van der Waals surface area contributed by atoms with Crippen LogP contribution in [0.3, 0.4) is 0 Å². The fraction of sp³-hybridized carbons (Fsp3) is 0.915. The maximum atomic E-state index is 14.5. The lowest BCUT2D eigenvalue weighted by Crippen LogP contribution is -2.62. The molecule has 3 rings (SSSR count). The van der Waals surface area contributed by atoms with Crippen LogP contribution in [-0.4, -0.2) is 170 Å². The molecule has 18 nitrogen and oxygen atoms in total. The number of Topliss-reactive ketones (excluding diaryl/α,β-unsaturated/α-hetero) is 1. The Morgan fingerprint density at radius 1 is 0.846 bits per heavy atom. The summed E-state index contributed by atoms with van der Waals surface area (Å²) in [5, 5.41) is 40.7. The Hall–Kier alpha value is -2.52. The van der Waals surface area contributed by atoms with E-state index in [0.717, 1.165) is 6.42 Å². The average Bonchev–Trinajstić information content (AvgIpc) is 3.25. The summed E-state index contributed by atoms with van der Waals surface area (Å²) in [5.74, 6) is -4.77. The number of nitrogens with one attached hydrogen (secondary N) is 2. The first-order valence-electron chi connectivity index (χ1n) is 23.7. The van der Waals surface area contributed by atoms with E-state index in [2.05, 4.69) is 10.6 Å². The number of aliphatic hydroxyl groups excluding tert-OH is 2. The van der Waals surface area contributed by atoms with Crippen molar-refractivity contribution >= 4 is 23.8 Å². The summed E-state index contributed by atoms with van der Waals surface area (Å²) >= 11 is 0. The summed E-state index contributed by atoms with van der Waals surface area (Å²) < 4.78 is 50.8. The van der Waals surface area contributed by atoms with Crippen LogP contribution in [0.1, 0.15) is 128 Å².